The van der Waals surface area contributed by atoms with E-state index in [4.69, 9.17) is 0 Å². The summed E-state index contributed by atoms with van der Waals surface area (Å²) in [6.07, 6.45) is 9.28. The second kappa shape index (κ2) is 13.9. The van der Waals surface area contributed by atoms with Crippen LogP contribution in [0.1, 0.15) is 49.0 Å². The van der Waals surface area contributed by atoms with Gasteiger partial charge in [-0.3, -0.25) is 14.6 Å². The SMILES string of the molecule is Cl.Cl.O=C(CNC(=O)c1ccccn1)NCCNC1CCCCCC1. The van der Waals surface area contributed by atoms with Crippen molar-refractivity contribution in [1.82, 2.24) is 20.9 Å². The van der Waals surface area contributed by atoms with Gasteiger partial charge in [0, 0.05) is 25.3 Å². The molecular weight excluding hydrogens is 363 g/mol. The zero-order valence-electron chi connectivity index (χ0n) is 14.3. The molecule has 2 rings (SSSR count). The molecule has 1 saturated carbocycles. The van der Waals surface area contributed by atoms with E-state index in [2.05, 4.69) is 20.9 Å². The van der Waals surface area contributed by atoms with Crippen molar-refractivity contribution in [3.8, 4) is 0 Å². The zero-order valence-corrected chi connectivity index (χ0v) is 16.0. The molecule has 1 aliphatic carbocycles. The number of halogens is 2. The van der Waals surface area contributed by atoms with E-state index in [1.54, 1.807) is 24.4 Å². The minimum absolute atomic E-state index is 0. The van der Waals surface area contributed by atoms with E-state index in [9.17, 15) is 9.59 Å². The Bertz CT molecular complexity index is 495. The third kappa shape index (κ3) is 9.63. The van der Waals surface area contributed by atoms with Gasteiger partial charge < -0.3 is 16.0 Å². The number of hydrogen-bond acceptors (Lipinski definition) is 4. The molecule has 0 bridgehead atoms. The molecule has 2 amide bonds. The van der Waals surface area contributed by atoms with Crippen molar-refractivity contribution in [2.45, 2.75) is 44.6 Å². The molecule has 3 N–H and O–H groups in total. The normalized spacial score (nSPS) is 14.4. The van der Waals surface area contributed by atoms with Gasteiger partial charge in [-0.15, -0.1) is 24.8 Å². The largest absolute Gasteiger partial charge is 0.353 e. The zero-order chi connectivity index (χ0) is 16.3. The van der Waals surface area contributed by atoms with Crippen LogP contribution in [0.15, 0.2) is 24.4 Å². The van der Waals surface area contributed by atoms with E-state index in [-0.39, 0.29) is 43.2 Å². The van der Waals surface area contributed by atoms with E-state index in [0.29, 0.717) is 18.3 Å². The summed E-state index contributed by atoms with van der Waals surface area (Å²) in [7, 11) is 0. The fraction of sp³-hybridized carbons (Fsp3) is 0.588. The number of rotatable bonds is 7. The van der Waals surface area contributed by atoms with Crippen LogP contribution in [0.5, 0.6) is 0 Å². The molecule has 0 unspecified atom stereocenters. The van der Waals surface area contributed by atoms with Crippen LogP contribution in [0, 0.1) is 0 Å². The molecule has 0 atom stereocenters. The van der Waals surface area contributed by atoms with Gasteiger partial charge in [-0.05, 0) is 25.0 Å². The minimum atomic E-state index is -0.336. The van der Waals surface area contributed by atoms with E-state index in [1.807, 2.05) is 0 Å². The fourth-order valence-electron chi connectivity index (χ4n) is 2.77. The molecule has 1 heterocycles. The van der Waals surface area contributed by atoms with Gasteiger partial charge in [-0.25, -0.2) is 0 Å². The molecule has 142 valence electrons. The third-order valence-corrected chi connectivity index (χ3v) is 4.04. The van der Waals surface area contributed by atoms with Crippen LogP contribution in [0.2, 0.25) is 0 Å². The van der Waals surface area contributed by atoms with E-state index < -0.39 is 0 Å². The highest BCUT2D eigenvalue weighted by Gasteiger charge is 2.11. The van der Waals surface area contributed by atoms with Crippen molar-refractivity contribution in [3.63, 3.8) is 0 Å². The second-order valence-electron chi connectivity index (χ2n) is 5.89. The number of carbonyl (C=O) groups excluding carboxylic acids is 2. The Hall–Kier alpha value is -1.37. The highest BCUT2D eigenvalue weighted by atomic mass is 35.5. The molecular formula is C17H28Cl2N4O2. The van der Waals surface area contributed by atoms with E-state index in [1.165, 1.54) is 38.5 Å². The number of hydrogen-bond donors (Lipinski definition) is 3. The Labute approximate surface area is 161 Å². The van der Waals surface area contributed by atoms with Crippen LogP contribution in [0.4, 0.5) is 0 Å². The first kappa shape index (κ1) is 23.6. The van der Waals surface area contributed by atoms with Crippen LogP contribution in [-0.4, -0.2) is 42.5 Å². The van der Waals surface area contributed by atoms with E-state index in [0.717, 1.165) is 6.54 Å². The topological polar surface area (TPSA) is 83.1 Å². The minimum Gasteiger partial charge on any atom is -0.353 e. The van der Waals surface area contributed by atoms with Crippen molar-refractivity contribution in [2.75, 3.05) is 19.6 Å². The van der Waals surface area contributed by atoms with Crippen LogP contribution in [0.25, 0.3) is 0 Å². The van der Waals surface area contributed by atoms with Gasteiger partial charge >= 0.3 is 0 Å². The smallest absolute Gasteiger partial charge is 0.270 e. The number of carbonyl (C=O) groups is 2. The summed E-state index contributed by atoms with van der Waals surface area (Å²) in [4.78, 5) is 27.4. The molecule has 0 saturated heterocycles. The molecule has 0 aromatic carbocycles. The summed E-state index contributed by atoms with van der Waals surface area (Å²) in [5, 5.41) is 8.87. The number of amides is 2. The van der Waals surface area contributed by atoms with Gasteiger partial charge in [0.15, 0.2) is 0 Å². The Balaban J connectivity index is 0.00000288. The fourth-order valence-corrected chi connectivity index (χ4v) is 2.77. The first-order valence-electron chi connectivity index (χ1n) is 8.45. The van der Waals surface area contributed by atoms with E-state index >= 15 is 0 Å². The lowest BCUT2D eigenvalue weighted by atomic mass is 10.1. The van der Waals surface area contributed by atoms with Gasteiger partial charge in [-0.2, -0.15) is 0 Å². The summed E-state index contributed by atoms with van der Waals surface area (Å²) in [6.45, 7) is 1.32. The molecule has 1 fully saturated rings. The van der Waals surface area contributed by atoms with Crippen molar-refractivity contribution >= 4 is 36.6 Å². The van der Waals surface area contributed by atoms with Crippen molar-refractivity contribution in [3.05, 3.63) is 30.1 Å². The van der Waals surface area contributed by atoms with Crippen molar-refractivity contribution in [1.29, 1.82) is 0 Å². The number of nitrogens with one attached hydrogen (secondary N) is 3. The maximum absolute atomic E-state index is 11.8. The summed E-state index contributed by atoms with van der Waals surface area (Å²) in [5.41, 5.74) is 0.315. The lowest BCUT2D eigenvalue weighted by Gasteiger charge is -2.16. The standard InChI is InChI=1S/C17H26N4O2.2ClH/c22-16(13-21-17(23)15-9-5-6-10-19-15)20-12-11-18-14-7-3-1-2-4-8-14;;/h5-6,9-10,14,18H,1-4,7-8,11-13H2,(H,20,22)(H,21,23);2*1H. The summed E-state index contributed by atoms with van der Waals surface area (Å²) < 4.78 is 0. The molecule has 1 aliphatic rings. The van der Waals surface area contributed by atoms with Gasteiger partial charge in [0.05, 0.1) is 6.54 Å². The average Bonchev–Trinajstić information content (AvgIpc) is 2.86. The molecule has 1 aromatic heterocycles. The summed E-state index contributed by atoms with van der Waals surface area (Å²) in [6, 6.07) is 5.67. The maximum Gasteiger partial charge on any atom is 0.270 e. The van der Waals surface area contributed by atoms with Gasteiger partial charge in [-0.1, -0.05) is 31.7 Å². The lowest BCUT2D eigenvalue weighted by molar-refractivity contribution is -0.120. The van der Waals surface area contributed by atoms with Crippen LogP contribution in [0.3, 0.4) is 0 Å². The predicted octanol–water partition coefficient (Wildman–Crippen LogP) is 2.08. The summed E-state index contributed by atoms with van der Waals surface area (Å²) >= 11 is 0. The monoisotopic (exact) mass is 390 g/mol. The molecule has 1 aromatic rings. The van der Waals surface area contributed by atoms with Gasteiger partial charge in [0.2, 0.25) is 5.91 Å². The van der Waals surface area contributed by atoms with Gasteiger partial charge in [0.1, 0.15) is 5.69 Å². The predicted molar refractivity (Wildman–Crippen MR) is 104 cm³/mol. The molecule has 0 aliphatic heterocycles. The lowest BCUT2D eigenvalue weighted by Crippen LogP contribution is -2.41. The molecule has 0 radical (unpaired) electrons. The first-order chi connectivity index (χ1) is 11.3. The van der Waals surface area contributed by atoms with Crippen molar-refractivity contribution < 1.29 is 9.59 Å². The Morgan fingerprint density at radius 2 is 1.72 bits per heavy atom. The molecule has 0 spiro atoms. The molecule has 25 heavy (non-hydrogen) atoms. The van der Waals surface area contributed by atoms with Crippen LogP contribution < -0.4 is 16.0 Å². The second-order valence-corrected chi connectivity index (χ2v) is 5.89. The Morgan fingerprint density at radius 3 is 2.36 bits per heavy atom. The number of pyridine rings is 1. The highest BCUT2D eigenvalue weighted by Crippen LogP contribution is 2.16. The maximum atomic E-state index is 11.8. The first-order valence-corrected chi connectivity index (χ1v) is 8.45. The molecule has 6 nitrogen and oxygen atoms in total. The Morgan fingerprint density at radius 1 is 1.00 bits per heavy atom. The van der Waals surface area contributed by atoms with Gasteiger partial charge in [0.25, 0.3) is 5.91 Å². The average molecular weight is 391 g/mol. The quantitative estimate of drug-likeness (QED) is 0.491. The molecule has 8 heteroatoms. The summed E-state index contributed by atoms with van der Waals surface area (Å²) in [5.74, 6) is -0.519. The Kier molecular flexibility index (Phi) is 13.1. The van der Waals surface area contributed by atoms with Crippen LogP contribution in [-0.2, 0) is 4.79 Å². The van der Waals surface area contributed by atoms with Crippen molar-refractivity contribution in [2.24, 2.45) is 0 Å². The van der Waals surface area contributed by atoms with Crippen LogP contribution >= 0.6 is 24.8 Å². The number of nitrogens with zero attached hydrogens (tertiary/aromatic N) is 1. The third-order valence-electron chi connectivity index (χ3n) is 4.04. The highest BCUT2D eigenvalue weighted by molar-refractivity contribution is 5.94. The number of aromatic nitrogens is 1.